The number of hydrogen-bond acceptors (Lipinski definition) is 3. The van der Waals surface area contributed by atoms with Gasteiger partial charge in [0.15, 0.2) is 0 Å². The van der Waals surface area contributed by atoms with Gasteiger partial charge in [0.25, 0.3) is 0 Å². The maximum absolute atomic E-state index is 12.3. The number of aliphatic hydroxyl groups is 1. The van der Waals surface area contributed by atoms with Gasteiger partial charge in [0.05, 0.1) is 6.04 Å². The fraction of sp³-hybridized carbons (Fsp3) is 0.533. The number of hydrogen-bond donors (Lipinski definition) is 2. The average molecular weight is 264 g/mol. The molecule has 0 aliphatic heterocycles. The van der Waals surface area contributed by atoms with Crippen LogP contribution in [-0.4, -0.2) is 41.1 Å². The first-order valence-electron chi connectivity index (χ1n) is 6.77. The lowest BCUT2D eigenvalue weighted by Crippen LogP contribution is -2.48. The highest BCUT2D eigenvalue weighted by atomic mass is 16.3. The summed E-state index contributed by atoms with van der Waals surface area (Å²) in [4.78, 5) is 14.1. The van der Waals surface area contributed by atoms with Crippen molar-refractivity contribution in [1.82, 2.24) is 4.90 Å². The monoisotopic (exact) mass is 264 g/mol. The molecule has 4 heteroatoms. The van der Waals surface area contributed by atoms with Crippen LogP contribution < -0.4 is 5.73 Å². The summed E-state index contributed by atoms with van der Waals surface area (Å²) in [7, 11) is 0. The minimum Gasteiger partial charge on any atom is -0.396 e. The van der Waals surface area contributed by atoms with Crippen molar-refractivity contribution in [3.63, 3.8) is 0 Å². The SMILES string of the molecule is CC(C)N(CCCO)C(=O)[C@H](N)Cc1ccccc1. The molecule has 0 fully saturated rings. The summed E-state index contributed by atoms with van der Waals surface area (Å²) < 4.78 is 0. The second-order valence-corrected chi connectivity index (χ2v) is 5.00. The molecule has 0 saturated carbocycles. The van der Waals surface area contributed by atoms with E-state index in [4.69, 9.17) is 10.8 Å². The normalized spacial score (nSPS) is 12.5. The lowest BCUT2D eigenvalue weighted by atomic mass is 10.0. The van der Waals surface area contributed by atoms with Crippen LogP contribution in [-0.2, 0) is 11.2 Å². The summed E-state index contributed by atoms with van der Waals surface area (Å²) >= 11 is 0. The van der Waals surface area contributed by atoms with E-state index in [1.807, 2.05) is 44.2 Å². The Morgan fingerprint density at radius 3 is 2.47 bits per heavy atom. The number of rotatable bonds is 7. The van der Waals surface area contributed by atoms with Gasteiger partial charge in [-0.1, -0.05) is 30.3 Å². The van der Waals surface area contributed by atoms with Crippen LogP contribution in [0.25, 0.3) is 0 Å². The molecule has 1 amide bonds. The van der Waals surface area contributed by atoms with Crippen LogP contribution in [0.2, 0.25) is 0 Å². The van der Waals surface area contributed by atoms with Crippen molar-refractivity contribution in [3.8, 4) is 0 Å². The van der Waals surface area contributed by atoms with Crippen LogP contribution in [0.5, 0.6) is 0 Å². The first kappa shape index (κ1) is 15.7. The maximum Gasteiger partial charge on any atom is 0.240 e. The van der Waals surface area contributed by atoms with E-state index >= 15 is 0 Å². The van der Waals surface area contributed by atoms with Gasteiger partial charge in [-0.15, -0.1) is 0 Å². The van der Waals surface area contributed by atoms with Crippen LogP contribution in [0.3, 0.4) is 0 Å². The standard InChI is InChI=1S/C15H24N2O2/c1-12(2)17(9-6-10-18)15(19)14(16)11-13-7-4-3-5-8-13/h3-5,7-8,12,14,18H,6,9-11,16H2,1-2H3/t14-/m1/s1. The van der Waals surface area contributed by atoms with Gasteiger partial charge in [-0.05, 0) is 32.3 Å². The van der Waals surface area contributed by atoms with Crippen molar-refractivity contribution < 1.29 is 9.90 Å². The van der Waals surface area contributed by atoms with Gasteiger partial charge in [0.2, 0.25) is 5.91 Å². The molecule has 0 bridgehead atoms. The zero-order valence-electron chi connectivity index (χ0n) is 11.7. The number of benzene rings is 1. The Balaban J connectivity index is 2.63. The Morgan fingerprint density at radius 1 is 1.32 bits per heavy atom. The summed E-state index contributed by atoms with van der Waals surface area (Å²) in [6.45, 7) is 4.56. The van der Waals surface area contributed by atoms with Crippen molar-refractivity contribution in [1.29, 1.82) is 0 Å². The number of carbonyl (C=O) groups excluding carboxylic acids is 1. The van der Waals surface area contributed by atoms with Gasteiger partial charge in [0, 0.05) is 19.2 Å². The molecule has 106 valence electrons. The number of nitrogens with zero attached hydrogens (tertiary/aromatic N) is 1. The smallest absolute Gasteiger partial charge is 0.240 e. The van der Waals surface area contributed by atoms with Crippen LogP contribution >= 0.6 is 0 Å². The first-order chi connectivity index (χ1) is 9.06. The molecule has 0 unspecified atom stereocenters. The van der Waals surface area contributed by atoms with Gasteiger partial charge in [-0.25, -0.2) is 0 Å². The van der Waals surface area contributed by atoms with Crippen LogP contribution in [0.1, 0.15) is 25.8 Å². The molecular formula is C15H24N2O2. The van der Waals surface area contributed by atoms with E-state index < -0.39 is 6.04 Å². The van der Waals surface area contributed by atoms with Gasteiger partial charge in [-0.2, -0.15) is 0 Å². The number of nitrogens with two attached hydrogens (primary N) is 1. The molecule has 0 saturated heterocycles. The molecule has 0 radical (unpaired) electrons. The molecule has 0 heterocycles. The van der Waals surface area contributed by atoms with E-state index in [0.29, 0.717) is 19.4 Å². The summed E-state index contributed by atoms with van der Waals surface area (Å²) in [5.41, 5.74) is 7.07. The summed E-state index contributed by atoms with van der Waals surface area (Å²) in [6, 6.07) is 9.35. The van der Waals surface area contributed by atoms with Crippen molar-refractivity contribution in [3.05, 3.63) is 35.9 Å². The van der Waals surface area contributed by atoms with Crippen LogP contribution in [0.15, 0.2) is 30.3 Å². The topological polar surface area (TPSA) is 66.6 Å². The predicted molar refractivity (Wildman–Crippen MR) is 76.7 cm³/mol. The van der Waals surface area contributed by atoms with Gasteiger partial charge >= 0.3 is 0 Å². The largest absolute Gasteiger partial charge is 0.396 e. The lowest BCUT2D eigenvalue weighted by molar-refractivity contribution is -0.134. The molecule has 4 nitrogen and oxygen atoms in total. The Labute approximate surface area is 115 Å². The molecule has 0 spiro atoms. The molecule has 1 rings (SSSR count). The van der Waals surface area contributed by atoms with Gasteiger partial charge in [-0.3, -0.25) is 4.79 Å². The second-order valence-electron chi connectivity index (χ2n) is 5.00. The molecular weight excluding hydrogens is 240 g/mol. The number of aliphatic hydroxyl groups excluding tert-OH is 1. The second kappa shape index (κ2) is 7.92. The molecule has 3 N–H and O–H groups in total. The highest BCUT2D eigenvalue weighted by molar-refractivity contribution is 5.82. The summed E-state index contributed by atoms with van der Waals surface area (Å²) in [6.07, 6.45) is 1.13. The zero-order chi connectivity index (χ0) is 14.3. The molecule has 1 aromatic carbocycles. The van der Waals surface area contributed by atoms with Crippen molar-refractivity contribution in [2.75, 3.05) is 13.2 Å². The van der Waals surface area contributed by atoms with E-state index in [1.54, 1.807) is 4.90 Å². The summed E-state index contributed by atoms with van der Waals surface area (Å²) in [5, 5.41) is 8.88. The zero-order valence-corrected chi connectivity index (χ0v) is 11.7. The molecule has 19 heavy (non-hydrogen) atoms. The Morgan fingerprint density at radius 2 is 1.95 bits per heavy atom. The Bertz CT molecular complexity index is 379. The van der Waals surface area contributed by atoms with E-state index in [2.05, 4.69) is 0 Å². The van der Waals surface area contributed by atoms with E-state index in [1.165, 1.54) is 0 Å². The third-order valence-electron chi connectivity index (χ3n) is 3.08. The van der Waals surface area contributed by atoms with E-state index in [0.717, 1.165) is 5.56 Å². The lowest BCUT2D eigenvalue weighted by Gasteiger charge is -2.29. The minimum absolute atomic E-state index is 0.0488. The first-order valence-corrected chi connectivity index (χ1v) is 6.77. The molecule has 1 aromatic rings. The minimum atomic E-state index is -0.525. The van der Waals surface area contributed by atoms with Crippen LogP contribution in [0.4, 0.5) is 0 Å². The van der Waals surface area contributed by atoms with E-state index in [-0.39, 0.29) is 18.6 Å². The third-order valence-corrected chi connectivity index (χ3v) is 3.08. The van der Waals surface area contributed by atoms with Crippen LogP contribution in [0, 0.1) is 0 Å². The number of amides is 1. The summed E-state index contributed by atoms with van der Waals surface area (Å²) in [5.74, 6) is -0.0488. The Hall–Kier alpha value is -1.39. The molecule has 0 aliphatic rings. The highest BCUT2D eigenvalue weighted by Gasteiger charge is 2.22. The van der Waals surface area contributed by atoms with Crippen molar-refractivity contribution in [2.45, 2.75) is 38.8 Å². The van der Waals surface area contributed by atoms with Crippen molar-refractivity contribution in [2.24, 2.45) is 5.73 Å². The van der Waals surface area contributed by atoms with Gasteiger partial charge in [0.1, 0.15) is 0 Å². The third kappa shape index (κ3) is 5.01. The number of carbonyl (C=O) groups is 1. The molecule has 0 aliphatic carbocycles. The predicted octanol–water partition coefficient (Wildman–Crippen LogP) is 1.18. The quantitative estimate of drug-likeness (QED) is 0.777. The average Bonchev–Trinajstić information content (AvgIpc) is 2.39. The fourth-order valence-electron chi connectivity index (χ4n) is 2.03. The maximum atomic E-state index is 12.3. The highest BCUT2D eigenvalue weighted by Crippen LogP contribution is 2.07. The molecule has 1 atom stereocenters. The Kier molecular flexibility index (Phi) is 6.53. The van der Waals surface area contributed by atoms with E-state index in [9.17, 15) is 4.79 Å². The molecule has 0 aromatic heterocycles. The van der Waals surface area contributed by atoms with Gasteiger partial charge < -0.3 is 15.7 Å². The van der Waals surface area contributed by atoms with Crippen molar-refractivity contribution >= 4 is 5.91 Å². The fourth-order valence-corrected chi connectivity index (χ4v) is 2.03.